The van der Waals surface area contributed by atoms with Gasteiger partial charge in [-0.3, -0.25) is 4.21 Å². The lowest BCUT2D eigenvalue weighted by Crippen LogP contribution is -2.19. The quantitative estimate of drug-likeness (QED) is 0.917. The third kappa shape index (κ3) is 4.44. The zero-order valence-corrected chi connectivity index (χ0v) is 13.0. The minimum absolute atomic E-state index is 0.192. The van der Waals surface area contributed by atoms with Crippen LogP contribution in [0.5, 0.6) is 0 Å². The Labute approximate surface area is 127 Å². The molecular formula is C16H18ClNOS. The molecule has 0 fully saturated rings. The maximum absolute atomic E-state index is 12.2. The van der Waals surface area contributed by atoms with E-state index in [1.165, 1.54) is 5.56 Å². The van der Waals surface area contributed by atoms with Gasteiger partial charge in [0.1, 0.15) is 0 Å². The summed E-state index contributed by atoms with van der Waals surface area (Å²) < 4.78 is 12.2. The fourth-order valence-corrected chi connectivity index (χ4v) is 3.42. The summed E-state index contributed by atoms with van der Waals surface area (Å²) in [6, 6.07) is 15.3. The number of benzene rings is 2. The molecule has 0 aliphatic heterocycles. The second kappa shape index (κ2) is 7.02. The molecule has 0 aliphatic rings. The van der Waals surface area contributed by atoms with E-state index in [1.54, 1.807) is 0 Å². The van der Waals surface area contributed by atoms with Crippen LogP contribution in [-0.2, 0) is 16.6 Å². The van der Waals surface area contributed by atoms with Gasteiger partial charge in [-0.2, -0.15) is 0 Å². The summed E-state index contributed by atoms with van der Waals surface area (Å²) in [6.45, 7) is 2.03. The van der Waals surface area contributed by atoms with Gasteiger partial charge in [0, 0.05) is 33.4 Å². The molecule has 0 bridgehead atoms. The normalized spacial score (nSPS) is 13.9. The Bertz CT molecular complexity index is 598. The van der Waals surface area contributed by atoms with Crippen molar-refractivity contribution in [2.45, 2.75) is 18.7 Å². The van der Waals surface area contributed by atoms with Crippen LogP contribution in [0.3, 0.4) is 0 Å². The van der Waals surface area contributed by atoms with Gasteiger partial charge in [0.2, 0.25) is 0 Å². The van der Waals surface area contributed by atoms with E-state index in [4.69, 9.17) is 17.3 Å². The zero-order chi connectivity index (χ0) is 14.5. The number of nitrogens with two attached hydrogens (primary N) is 1. The van der Waals surface area contributed by atoms with Crippen LogP contribution in [0.2, 0.25) is 5.02 Å². The lowest BCUT2D eigenvalue weighted by molar-refractivity contribution is 0.674. The molecule has 0 saturated carbocycles. The molecule has 106 valence electrons. The molecule has 2 rings (SSSR count). The number of halogens is 1. The summed E-state index contributed by atoms with van der Waals surface area (Å²) in [7, 11) is -0.983. The van der Waals surface area contributed by atoms with E-state index < -0.39 is 10.8 Å². The van der Waals surface area contributed by atoms with Gasteiger partial charge in [-0.15, -0.1) is 0 Å². The summed E-state index contributed by atoms with van der Waals surface area (Å²) in [5, 5.41) is 0.691. The van der Waals surface area contributed by atoms with E-state index >= 15 is 0 Å². The maximum Gasteiger partial charge on any atom is 0.0486 e. The molecule has 2 unspecified atom stereocenters. The van der Waals surface area contributed by atoms with E-state index in [2.05, 4.69) is 0 Å². The molecular weight excluding hydrogens is 290 g/mol. The Hall–Kier alpha value is -1.16. The van der Waals surface area contributed by atoms with Gasteiger partial charge in [-0.25, -0.2) is 0 Å². The van der Waals surface area contributed by atoms with Gasteiger partial charge in [0.15, 0.2) is 0 Å². The van der Waals surface area contributed by atoms with Gasteiger partial charge in [-0.1, -0.05) is 53.6 Å². The smallest absolute Gasteiger partial charge is 0.0486 e. The first-order valence-electron chi connectivity index (χ1n) is 6.46. The second-order valence-electron chi connectivity index (χ2n) is 4.90. The molecule has 2 N–H and O–H groups in total. The molecule has 20 heavy (non-hydrogen) atoms. The lowest BCUT2D eigenvalue weighted by atomic mass is 10.1. The van der Waals surface area contributed by atoms with Crippen molar-refractivity contribution in [3.05, 3.63) is 70.2 Å². The van der Waals surface area contributed by atoms with E-state index in [0.717, 1.165) is 11.1 Å². The Morgan fingerprint density at radius 2 is 1.90 bits per heavy atom. The predicted octanol–water partition coefficient (Wildman–Crippen LogP) is 3.60. The van der Waals surface area contributed by atoms with Gasteiger partial charge >= 0.3 is 0 Å². The number of rotatable bonds is 5. The first-order chi connectivity index (χ1) is 9.54. The van der Waals surface area contributed by atoms with Crippen LogP contribution in [0.25, 0.3) is 0 Å². The maximum atomic E-state index is 12.2. The average Bonchev–Trinajstić information content (AvgIpc) is 2.41. The van der Waals surface area contributed by atoms with Crippen molar-refractivity contribution in [2.24, 2.45) is 5.73 Å². The first kappa shape index (κ1) is 15.2. The van der Waals surface area contributed by atoms with Crippen molar-refractivity contribution in [1.82, 2.24) is 0 Å². The van der Waals surface area contributed by atoms with Crippen LogP contribution in [0.1, 0.15) is 22.7 Å². The number of hydrogen-bond acceptors (Lipinski definition) is 2. The fraction of sp³-hybridized carbons (Fsp3) is 0.250. The Morgan fingerprint density at radius 1 is 1.20 bits per heavy atom. The minimum Gasteiger partial charge on any atom is -0.323 e. The fourth-order valence-electron chi connectivity index (χ4n) is 2.02. The minimum atomic E-state index is -0.983. The molecule has 0 radical (unpaired) electrons. The van der Waals surface area contributed by atoms with E-state index in [-0.39, 0.29) is 6.04 Å². The SMILES string of the molecule is Cc1cccc(C(N)CS(=O)Cc2ccc(Cl)cc2)c1. The molecule has 0 aromatic heterocycles. The molecule has 0 saturated heterocycles. The summed E-state index contributed by atoms with van der Waals surface area (Å²) >= 11 is 5.83. The molecule has 0 spiro atoms. The van der Waals surface area contributed by atoms with Crippen molar-refractivity contribution < 1.29 is 4.21 Å². The predicted molar refractivity (Wildman–Crippen MR) is 86.3 cm³/mol. The molecule has 2 aromatic carbocycles. The monoisotopic (exact) mass is 307 g/mol. The Kier molecular flexibility index (Phi) is 5.35. The van der Waals surface area contributed by atoms with E-state index in [9.17, 15) is 4.21 Å². The third-order valence-corrected chi connectivity index (χ3v) is 4.71. The second-order valence-corrected chi connectivity index (χ2v) is 6.84. The highest BCUT2D eigenvalue weighted by molar-refractivity contribution is 7.84. The number of aryl methyl sites for hydroxylation is 1. The molecule has 2 atom stereocenters. The molecule has 0 amide bonds. The van der Waals surface area contributed by atoms with Crippen LogP contribution in [-0.4, -0.2) is 9.96 Å². The van der Waals surface area contributed by atoms with Crippen LogP contribution < -0.4 is 5.73 Å². The van der Waals surface area contributed by atoms with Crippen molar-refractivity contribution in [3.63, 3.8) is 0 Å². The van der Waals surface area contributed by atoms with Gasteiger partial charge in [-0.05, 0) is 30.2 Å². The molecule has 2 nitrogen and oxygen atoms in total. The van der Waals surface area contributed by atoms with Crippen LogP contribution >= 0.6 is 11.6 Å². The van der Waals surface area contributed by atoms with Gasteiger partial charge in [0.05, 0.1) is 0 Å². The van der Waals surface area contributed by atoms with Crippen molar-refractivity contribution in [2.75, 3.05) is 5.75 Å². The highest BCUT2D eigenvalue weighted by atomic mass is 35.5. The van der Waals surface area contributed by atoms with Crippen LogP contribution in [0, 0.1) is 6.92 Å². The van der Waals surface area contributed by atoms with Gasteiger partial charge < -0.3 is 5.73 Å². The Balaban J connectivity index is 1.95. The topological polar surface area (TPSA) is 43.1 Å². The van der Waals surface area contributed by atoms with E-state index in [1.807, 2.05) is 55.5 Å². The van der Waals surface area contributed by atoms with Crippen molar-refractivity contribution >= 4 is 22.4 Å². The standard InChI is InChI=1S/C16H18ClNOS/c1-12-3-2-4-14(9-12)16(18)11-20(19)10-13-5-7-15(17)8-6-13/h2-9,16H,10-11,18H2,1H3. The first-order valence-corrected chi connectivity index (χ1v) is 8.33. The molecule has 0 heterocycles. The number of hydrogen-bond donors (Lipinski definition) is 1. The molecule has 4 heteroatoms. The zero-order valence-electron chi connectivity index (χ0n) is 11.4. The summed E-state index contributed by atoms with van der Waals surface area (Å²) in [5.41, 5.74) is 9.35. The lowest BCUT2D eigenvalue weighted by Gasteiger charge is -2.12. The highest BCUT2D eigenvalue weighted by Crippen LogP contribution is 2.16. The van der Waals surface area contributed by atoms with Crippen LogP contribution in [0.4, 0.5) is 0 Å². The summed E-state index contributed by atoms with van der Waals surface area (Å²) in [4.78, 5) is 0. The average molecular weight is 308 g/mol. The van der Waals surface area contributed by atoms with Crippen molar-refractivity contribution in [1.29, 1.82) is 0 Å². The molecule has 2 aromatic rings. The Morgan fingerprint density at radius 3 is 2.55 bits per heavy atom. The van der Waals surface area contributed by atoms with Crippen LogP contribution in [0.15, 0.2) is 48.5 Å². The third-order valence-electron chi connectivity index (χ3n) is 3.08. The van der Waals surface area contributed by atoms with E-state index in [0.29, 0.717) is 16.5 Å². The summed E-state index contributed by atoms with van der Waals surface area (Å²) in [5.74, 6) is 0.975. The van der Waals surface area contributed by atoms with Crippen molar-refractivity contribution in [3.8, 4) is 0 Å². The highest BCUT2D eigenvalue weighted by Gasteiger charge is 2.11. The molecule has 0 aliphatic carbocycles. The van der Waals surface area contributed by atoms with Gasteiger partial charge in [0.25, 0.3) is 0 Å². The summed E-state index contributed by atoms with van der Waals surface area (Å²) in [6.07, 6.45) is 0. The largest absolute Gasteiger partial charge is 0.323 e.